The molecule has 1 unspecified atom stereocenters. The molecule has 0 amide bonds. The maximum Gasteiger partial charge on any atom is 0.241 e. The summed E-state index contributed by atoms with van der Waals surface area (Å²) in [6.45, 7) is 1.88. The Hall–Kier alpha value is -2.93. The van der Waals surface area contributed by atoms with Crippen molar-refractivity contribution in [3.05, 3.63) is 54.2 Å². The number of aromatic nitrogens is 3. The molecule has 4 heterocycles. The fourth-order valence-corrected chi connectivity index (χ4v) is 3.57. The topological polar surface area (TPSA) is 73.5 Å². The zero-order valence-corrected chi connectivity index (χ0v) is 14.2. The molecule has 7 heteroatoms. The molecule has 0 aliphatic carbocycles. The molecule has 0 saturated carbocycles. The fraction of sp³-hybridized carbons (Fsp3) is 0.316. The van der Waals surface area contributed by atoms with Crippen molar-refractivity contribution in [3.63, 3.8) is 0 Å². The van der Waals surface area contributed by atoms with Gasteiger partial charge in [0.2, 0.25) is 18.5 Å². The summed E-state index contributed by atoms with van der Waals surface area (Å²) < 4.78 is 16.2. The van der Waals surface area contributed by atoms with Crippen LogP contribution in [-0.2, 0) is 6.54 Å². The normalized spacial score (nSPS) is 19.2. The Labute approximate surface area is 150 Å². The minimum atomic E-state index is 0.250. The fourth-order valence-electron chi connectivity index (χ4n) is 3.57. The van der Waals surface area contributed by atoms with E-state index in [9.17, 15) is 0 Å². The standard InChI is InChI=1S/C19H18N4O3/c1-2-8-20-14(4-1)15-5-3-9-23(15)11-18-21-19(22-26-18)13-6-7-16-17(10-13)25-12-24-16/h1-2,4,6-8,10,15H,3,5,9,11-12H2. The second-order valence-corrected chi connectivity index (χ2v) is 6.46. The average molecular weight is 350 g/mol. The van der Waals surface area contributed by atoms with Gasteiger partial charge in [-0.15, -0.1) is 0 Å². The maximum absolute atomic E-state index is 5.49. The molecule has 0 N–H and O–H groups in total. The number of nitrogens with zero attached hydrogens (tertiary/aromatic N) is 4. The van der Waals surface area contributed by atoms with Crippen LogP contribution in [0.5, 0.6) is 11.5 Å². The smallest absolute Gasteiger partial charge is 0.241 e. The van der Waals surface area contributed by atoms with Crippen LogP contribution in [0.2, 0.25) is 0 Å². The number of pyridine rings is 1. The second-order valence-electron chi connectivity index (χ2n) is 6.46. The zero-order valence-electron chi connectivity index (χ0n) is 14.2. The molecule has 2 aromatic heterocycles. The highest BCUT2D eigenvalue weighted by Crippen LogP contribution is 2.35. The van der Waals surface area contributed by atoms with Crippen molar-refractivity contribution in [1.29, 1.82) is 0 Å². The summed E-state index contributed by atoms with van der Waals surface area (Å²) >= 11 is 0. The Bertz CT molecular complexity index is 912. The Morgan fingerprint density at radius 1 is 1.12 bits per heavy atom. The highest BCUT2D eigenvalue weighted by atomic mass is 16.7. The average Bonchev–Trinajstić information content (AvgIpc) is 3.43. The molecule has 5 rings (SSSR count). The lowest BCUT2D eigenvalue weighted by molar-refractivity contribution is 0.174. The highest BCUT2D eigenvalue weighted by molar-refractivity contribution is 5.61. The van der Waals surface area contributed by atoms with Gasteiger partial charge in [0, 0.05) is 11.8 Å². The van der Waals surface area contributed by atoms with Crippen LogP contribution in [0.15, 0.2) is 47.1 Å². The predicted octanol–water partition coefficient (Wildman–Crippen LogP) is 3.20. The number of benzene rings is 1. The number of fused-ring (bicyclic) bond motifs is 1. The Morgan fingerprint density at radius 3 is 3.00 bits per heavy atom. The van der Waals surface area contributed by atoms with Crippen molar-refractivity contribution < 1.29 is 14.0 Å². The lowest BCUT2D eigenvalue weighted by Gasteiger charge is -2.21. The van der Waals surface area contributed by atoms with E-state index in [1.54, 1.807) is 0 Å². The Kier molecular flexibility index (Phi) is 3.79. The molecule has 7 nitrogen and oxygen atoms in total. The third-order valence-corrected chi connectivity index (χ3v) is 4.83. The van der Waals surface area contributed by atoms with Crippen LogP contribution in [0.1, 0.15) is 30.5 Å². The summed E-state index contributed by atoms with van der Waals surface area (Å²) in [5, 5.41) is 4.13. The third kappa shape index (κ3) is 2.80. The van der Waals surface area contributed by atoms with Crippen LogP contribution in [0.4, 0.5) is 0 Å². The largest absolute Gasteiger partial charge is 0.454 e. The first kappa shape index (κ1) is 15.3. The molecule has 1 aromatic carbocycles. The first-order valence-corrected chi connectivity index (χ1v) is 8.74. The summed E-state index contributed by atoms with van der Waals surface area (Å²) in [6, 6.07) is 12.0. The second kappa shape index (κ2) is 6.42. The van der Waals surface area contributed by atoms with Gasteiger partial charge in [0.1, 0.15) is 0 Å². The van der Waals surface area contributed by atoms with Gasteiger partial charge in [-0.1, -0.05) is 11.2 Å². The van der Waals surface area contributed by atoms with Gasteiger partial charge in [-0.05, 0) is 49.7 Å². The minimum Gasteiger partial charge on any atom is -0.454 e. The van der Waals surface area contributed by atoms with Crippen molar-refractivity contribution in [2.75, 3.05) is 13.3 Å². The van der Waals surface area contributed by atoms with Gasteiger partial charge in [-0.25, -0.2) is 0 Å². The number of hydrogen-bond donors (Lipinski definition) is 0. The van der Waals surface area contributed by atoms with Gasteiger partial charge in [0.25, 0.3) is 0 Å². The zero-order chi connectivity index (χ0) is 17.3. The van der Waals surface area contributed by atoms with Crippen molar-refractivity contribution in [2.24, 2.45) is 0 Å². The van der Waals surface area contributed by atoms with E-state index < -0.39 is 0 Å². The van der Waals surface area contributed by atoms with E-state index in [-0.39, 0.29) is 6.79 Å². The SMILES string of the molecule is c1ccc(C2CCCN2Cc2nc(-c3ccc4c(c3)OCO4)no2)nc1. The van der Waals surface area contributed by atoms with E-state index in [4.69, 9.17) is 14.0 Å². The summed E-state index contributed by atoms with van der Waals surface area (Å²) in [4.78, 5) is 11.4. The van der Waals surface area contributed by atoms with E-state index >= 15 is 0 Å². The molecular formula is C19H18N4O3. The molecule has 2 aliphatic rings. The van der Waals surface area contributed by atoms with Crippen molar-refractivity contribution >= 4 is 0 Å². The van der Waals surface area contributed by atoms with Gasteiger partial charge in [0.05, 0.1) is 18.3 Å². The Morgan fingerprint density at radius 2 is 2.08 bits per heavy atom. The van der Waals surface area contributed by atoms with Gasteiger partial charge in [-0.2, -0.15) is 4.98 Å². The first-order valence-electron chi connectivity index (χ1n) is 8.74. The molecular weight excluding hydrogens is 332 g/mol. The maximum atomic E-state index is 5.49. The summed E-state index contributed by atoms with van der Waals surface area (Å²) in [6.07, 6.45) is 4.08. The molecule has 26 heavy (non-hydrogen) atoms. The number of likely N-dealkylation sites (tertiary alicyclic amines) is 1. The van der Waals surface area contributed by atoms with Gasteiger partial charge in [-0.3, -0.25) is 9.88 Å². The molecule has 132 valence electrons. The predicted molar refractivity (Wildman–Crippen MR) is 92.5 cm³/mol. The third-order valence-electron chi connectivity index (χ3n) is 4.83. The summed E-state index contributed by atoms with van der Waals surface area (Å²) in [5.41, 5.74) is 1.95. The minimum absolute atomic E-state index is 0.250. The molecule has 0 spiro atoms. The monoisotopic (exact) mass is 350 g/mol. The summed E-state index contributed by atoms with van der Waals surface area (Å²) in [5.74, 6) is 2.63. The lowest BCUT2D eigenvalue weighted by atomic mass is 10.1. The molecule has 3 aromatic rings. The quantitative estimate of drug-likeness (QED) is 0.715. The lowest BCUT2D eigenvalue weighted by Crippen LogP contribution is -2.23. The van der Waals surface area contributed by atoms with Crippen LogP contribution in [0.3, 0.4) is 0 Å². The molecule has 2 aliphatic heterocycles. The van der Waals surface area contributed by atoms with Crippen LogP contribution < -0.4 is 9.47 Å². The van der Waals surface area contributed by atoms with E-state index in [0.717, 1.165) is 36.4 Å². The van der Waals surface area contributed by atoms with Crippen molar-refractivity contribution in [3.8, 4) is 22.9 Å². The van der Waals surface area contributed by atoms with Gasteiger partial charge >= 0.3 is 0 Å². The first-order chi connectivity index (χ1) is 12.9. The van der Waals surface area contributed by atoms with Crippen LogP contribution in [0, 0.1) is 0 Å². The Balaban J connectivity index is 1.34. The highest BCUT2D eigenvalue weighted by Gasteiger charge is 2.28. The van der Waals surface area contributed by atoms with E-state index in [0.29, 0.717) is 30.1 Å². The summed E-state index contributed by atoms with van der Waals surface area (Å²) in [7, 11) is 0. The van der Waals surface area contributed by atoms with E-state index in [2.05, 4.69) is 26.1 Å². The van der Waals surface area contributed by atoms with Crippen LogP contribution in [-0.4, -0.2) is 33.4 Å². The van der Waals surface area contributed by atoms with Gasteiger partial charge < -0.3 is 14.0 Å². The van der Waals surface area contributed by atoms with Crippen LogP contribution >= 0.6 is 0 Å². The number of hydrogen-bond acceptors (Lipinski definition) is 7. The molecule has 0 bridgehead atoms. The molecule has 1 saturated heterocycles. The van der Waals surface area contributed by atoms with Crippen molar-refractivity contribution in [2.45, 2.75) is 25.4 Å². The van der Waals surface area contributed by atoms with E-state index in [1.807, 2.05) is 36.5 Å². The molecule has 1 atom stereocenters. The van der Waals surface area contributed by atoms with Gasteiger partial charge in [0.15, 0.2) is 11.5 Å². The molecule has 1 fully saturated rings. The van der Waals surface area contributed by atoms with E-state index in [1.165, 1.54) is 0 Å². The van der Waals surface area contributed by atoms with Crippen LogP contribution in [0.25, 0.3) is 11.4 Å². The molecule has 0 radical (unpaired) electrons. The number of rotatable bonds is 4. The number of ether oxygens (including phenoxy) is 2. The van der Waals surface area contributed by atoms with Crippen molar-refractivity contribution in [1.82, 2.24) is 20.0 Å².